The van der Waals surface area contributed by atoms with Gasteiger partial charge in [-0.1, -0.05) is 17.8 Å². The molecule has 2 aromatic heterocycles. The van der Waals surface area contributed by atoms with E-state index in [1.54, 1.807) is 11.8 Å². The maximum absolute atomic E-state index is 5.56. The molecule has 2 aromatic rings. The van der Waals surface area contributed by atoms with E-state index >= 15 is 0 Å². The minimum atomic E-state index is 0. The third kappa shape index (κ3) is 4.94. The number of aromatic nitrogens is 4. The first-order valence-electron chi connectivity index (χ1n) is 5.84. The van der Waals surface area contributed by atoms with Crippen molar-refractivity contribution in [3.63, 3.8) is 0 Å². The number of nitrogens with two attached hydrogens (primary N) is 1. The van der Waals surface area contributed by atoms with Gasteiger partial charge in [0.05, 0.1) is 6.54 Å². The Morgan fingerprint density at radius 3 is 2.60 bits per heavy atom. The third-order valence-electron chi connectivity index (χ3n) is 2.64. The Morgan fingerprint density at radius 2 is 2.00 bits per heavy atom. The molecular weight excluding hydrogens is 317 g/mol. The van der Waals surface area contributed by atoms with Crippen LogP contribution in [0.25, 0.3) is 0 Å². The molecule has 0 saturated heterocycles. The van der Waals surface area contributed by atoms with Crippen molar-refractivity contribution >= 4 is 36.6 Å². The zero-order chi connectivity index (χ0) is 13.0. The van der Waals surface area contributed by atoms with Gasteiger partial charge in [-0.15, -0.1) is 35.0 Å². The Labute approximate surface area is 135 Å². The number of nitrogens with zero attached hydrogens (tertiary/aromatic N) is 4. The highest BCUT2D eigenvalue weighted by molar-refractivity contribution is 7.99. The van der Waals surface area contributed by atoms with Crippen molar-refractivity contribution in [2.75, 3.05) is 5.75 Å². The van der Waals surface area contributed by atoms with Crippen molar-refractivity contribution in [1.82, 2.24) is 19.7 Å². The first-order chi connectivity index (χ1) is 8.70. The summed E-state index contributed by atoms with van der Waals surface area (Å²) in [7, 11) is 1.94. The summed E-state index contributed by atoms with van der Waals surface area (Å²) < 4.78 is 1.94. The molecule has 2 heterocycles. The Balaban J connectivity index is 0.00000180. The molecule has 0 amide bonds. The summed E-state index contributed by atoms with van der Waals surface area (Å²) in [4.78, 5) is 4.47. The predicted octanol–water partition coefficient (Wildman–Crippen LogP) is 2.16. The van der Waals surface area contributed by atoms with Crippen LogP contribution in [-0.4, -0.2) is 25.5 Å². The van der Waals surface area contributed by atoms with Crippen molar-refractivity contribution < 1.29 is 0 Å². The fourth-order valence-corrected chi connectivity index (χ4v) is 2.53. The summed E-state index contributed by atoms with van der Waals surface area (Å²) in [6.45, 7) is 2.43. The van der Waals surface area contributed by atoms with Gasteiger partial charge in [-0.2, -0.15) is 0 Å². The van der Waals surface area contributed by atoms with E-state index in [2.05, 4.69) is 21.2 Å². The van der Waals surface area contributed by atoms with Gasteiger partial charge in [-0.25, -0.2) is 0 Å². The van der Waals surface area contributed by atoms with E-state index in [1.807, 2.05) is 30.7 Å². The molecule has 0 aliphatic heterocycles. The molecule has 0 spiro atoms. The molecular formula is C12H19Cl2N5S. The molecule has 0 atom stereocenters. The van der Waals surface area contributed by atoms with Crippen molar-refractivity contribution in [3.8, 4) is 0 Å². The van der Waals surface area contributed by atoms with Crippen LogP contribution in [0.1, 0.15) is 17.2 Å². The van der Waals surface area contributed by atoms with Crippen LogP contribution in [0, 0.1) is 6.92 Å². The fraction of sp³-hybridized carbons (Fsp3) is 0.417. The number of aryl methyl sites for hydroxylation is 2. The highest BCUT2D eigenvalue weighted by atomic mass is 35.5. The van der Waals surface area contributed by atoms with Gasteiger partial charge >= 0.3 is 0 Å². The first-order valence-corrected chi connectivity index (χ1v) is 6.83. The maximum atomic E-state index is 5.56. The normalized spacial score (nSPS) is 9.75. The number of thioether (sulfide) groups is 1. The monoisotopic (exact) mass is 335 g/mol. The number of hydrogen-bond donors (Lipinski definition) is 1. The summed E-state index contributed by atoms with van der Waals surface area (Å²) >= 11 is 1.68. The minimum absolute atomic E-state index is 0. The summed E-state index contributed by atoms with van der Waals surface area (Å²) in [6.07, 6.45) is 0.928. The zero-order valence-electron chi connectivity index (χ0n) is 11.4. The molecule has 20 heavy (non-hydrogen) atoms. The van der Waals surface area contributed by atoms with Crippen LogP contribution in [0.5, 0.6) is 0 Å². The highest BCUT2D eigenvalue weighted by Gasteiger charge is 2.07. The van der Waals surface area contributed by atoms with E-state index in [9.17, 15) is 0 Å². The molecule has 0 aromatic carbocycles. The van der Waals surface area contributed by atoms with Gasteiger partial charge in [0, 0.05) is 24.2 Å². The molecule has 0 bridgehead atoms. The highest BCUT2D eigenvalue weighted by Crippen LogP contribution is 2.16. The molecule has 0 saturated carbocycles. The molecule has 112 valence electrons. The van der Waals surface area contributed by atoms with Crippen molar-refractivity contribution in [1.29, 1.82) is 0 Å². The Kier molecular flexibility index (Phi) is 8.80. The van der Waals surface area contributed by atoms with Crippen LogP contribution < -0.4 is 5.73 Å². The second kappa shape index (κ2) is 9.18. The quantitative estimate of drug-likeness (QED) is 0.848. The van der Waals surface area contributed by atoms with Crippen LogP contribution >= 0.6 is 36.6 Å². The minimum Gasteiger partial charge on any atom is -0.324 e. The van der Waals surface area contributed by atoms with E-state index in [0.29, 0.717) is 6.54 Å². The van der Waals surface area contributed by atoms with Gasteiger partial charge in [-0.05, 0) is 25.5 Å². The Morgan fingerprint density at radius 1 is 1.25 bits per heavy atom. The van der Waals surface area contributed by atoms with Crippen LogP contribution in [0.2, 0.25) is 0 Å². The maximum Gasteiger partial charge on any atom is 0.190 e. The van der Waals surface area contributed by atoms with E-state index < -0.39 is 0 Å². The number of rotatable bonds is 5. The molecule has 2 rings (SSSR count). The molecule has 2 N–H and O–H groups in total. The van der Waals surface area contributed by atoms with E-state index in [-0.39, 0.29) is 24.8 Å². The van der Waals surface area contributed by atoms with Gasteiger partial charge in [0.2, 0.25) is 0 Å². The van der Waals surface area contributed by atoms with E-state index in [0.717, 1.165) is 34.5 Å². The lowest BCUT2D eigenvalue weighted by molar-refractivity contribution is 0.734. The average Bonchev–Trinajstić information content (AvgIpc) is 2.71. The summed E-state index contributed by atoms with van der Waals surface area (Å²) in [5.74, 6) is 1.75. The molecule has 0 aliphatic rings. The average molecular weight is 336 g/mol. The summed E-state index contributed by atoms with van der Waals surface area (Å²) in [6, 6.07) is 6.10. The summed E-state index contributed by atoms with van der Waals surface area (Å²) in [5.41, 5.74) is 7.73. The van der Waals surface area contributed by atoms with E-state index in [4.69, 9.17) is 5.73 Å². The third-order valence-corrected chi connectivity index (χ3v) is 3.66. The first kappa shape index (κ1) is 19.2. The second-order valence-corrected chi connectivity index (χ2v) is 5.09. The number of halogens is 2. The number of pyridine rings is 1. The van der Waals surface area contributed by atoms with Gasteiger partial charge in [0.1, 0.15) is 5.82 Å². The molecule has 0 fully saturated rings. The molecule has 0 radical (unpaired) electrons. The largest absolute Gasteiger partial charge is 0.324 e. The lowest BCUT2D eigenvalue weighted by Crippen LogP contribution is -2.05. The van der Waals surface area contributed by atoms with Crippen LogP contribution in [-0.2, 0) is 20.0 Å². The van der Waals surface area contributed by atoms with Crippen molar-refractivity contribution in [3.05, 3.63) is 35.4 Å². The standard InChI is InChI=1S/C12H17N5S.2ClH/c1-9-4-3-5-10(14-9)6-7-18-12-16-15-11(8-13)17(12)2;;/h3-5H,6-8,13H2,1-2H3;2*1H. The zero-order valence-corrected chi connectivity index (χ0v) is 13.9. The summed E-state index contributed by atoms with van der Waals surface area (Å²) in [5, 5.41) is 9.04. The Hall–Kier alpha value is -0.820. The van der Waals surface area contributed by atoms with Crippen molar-refractivity contribution in [2.45, 2.75) is 25.0 Å². The number of hydrogen-bond acceptors (Lipinski definition) is 5. The van der Waals surface area contributed by atoms with Gasteiger partial charge < -0.3 is 10.3 Å². The van der Waals surface area contributed by atoms with Crippen molar-refractivity contribution in [2.24, 2.45) is 12.8 Å². The van der Waals surface area contributed by atoms with Gasteiger partial charge in [0.15, 0.2) is 5.16 Å². The molecule has 8 heteroatoms. The van der Waals surface area contributed by atoms with Crippen LogP contribution in [0.3, 0.4) is 0 Å². The van der Waals surface area contributed by atoms with Crippen LogP contribution in [0.4, 0.5) is 0 Å². The molecule has 0 unspecified atom stereocenters. The lowest BCUT2D eigenvalue weighted by atomic mass is 10.3. The predicted molar refractivity (Wildman–Crippen MR) is 86.8 cm³/mol. The smallest absolute Gasteiger partial charge is 0.190 e. The van der Waals surface area contributed by atoms with Gasteiger partial charge in [0.25, 0.3) is 0 Å². The van der Waals surface area contributed by atoms with E-state index in [1.165, 1.54) is 0 Å². The molecule has 0 aliphatic carbocycles. The lowest BCUT2D eigenvalue weighted by Gasteiger charge is -2.03. The second-order valence-electron chi connectivity index (χ2n) is 4.03. The topological polar surface area (TPSA) is 69.6 Å². The fourth-order valence-electron chi connectivity index (χ4n) is 1.63. The molecule has 5 nitrogen and oxygen atoms in total. The Bertz CT molecular complexity index is 532. The SMILES string of the molecule is Cc1cccc(CCSc2nnc(CN)n2C)n1.Cl.Cl. The van der Waals surface area contributed by atoms with Gasteiger partial charge in [-0.3, -0.25) is 4.98 Å². The van der Waals surface area contributed by atoms with Crippen LogP contribution in [0.15, 0.2) is 23.4 Å².